The van der Waals surface area contributed by atoms with Gasteiger partial charge in [0.15, 0.2) is 0 Å². The third-order valence-corrected chi connectivity index (χ3v) is 10.7. The molecule has 10 radical (unpaired) electrons. The number of hydrogen-bond donors (Lipinski definition) is 0. The van der Waals surface area contributed by atoms with Crippen LogP contribution < -0.4 is 27.3 Å². The normalized spacial score (nSPS) is 11.5. The monoisotopic (exact) mass is 676 g/mol. The van der Waals surface area contributed by atoms with Crippen molar-refractivity contribution in [1.29, 1.82) is 0 Å². The fourth-order valence-corrected chi connectivity index (χ4v) is 8.02. The molecule has 9 rings (SSSR count). The second kappa shape index (κ2) is 13.5. The Morgan fingerprint density at radius 3 is 1.41 bits per heavy atom. The fourth-order valence-electron chi connectivity index (χ4n) is 8.02. The molecule has 1 heterocycles. The molecule has 0 saturated heterocycles. The first-order valence-corrected chi connectivity index (χ1v) is 18.1. The first-order chi connectivity index (χ1) is 26.4. The van der Waals surface area contributed by atoms with E-state index in [0.717, 1.165) is 83.9 Å². The highest BCUT2D eigenvalue weighted by Gasteiger charge is 2.21. The molecule has 0 spiro atoms. The largest absolute Gasteiger partial charge is 0.296 e. The number of nitrogens with zero attached hydrogens (tertiary/aromatic N) is 2. The van der Waals surface area contributed by atoms with E-state index >= 15 is 0 Å². The van der Waals surface area contributed by atoms with Crippen LogP contribution in [0.5, 0.6) is 0 Å². The SMILES string of the molecule is [B]c1c([B])c([B])c(-c2ccccc2-c2c3ccccc3c(-c3ccc(-c4ccc(-n5c(CC)nc6ccccc65)cc4)cc3)c3ccccc23)c([B])c1[B]. The standard InChI is InChI=1S/C47H29B5N2/c1-2-39-53-37-17-9-10-18-38(37)54(39)30-25-23-28(24-26-30)27-19-21-29(22-20-27)40-31-11-3-5-13-33(31)41(34-14-6-4-12-32(34)40)35-15-7-8-16-36(35)42-43(48)45(50)47(52)46(51)44(42)49/h3-26H,2H2,1H3. The van der Waals surface area contributed by atoms with E-state index < -0.39 is 0 Å². The van der Waals surface area contributed by atoms with Crippen LogP contribution in [-0.2, 0) is 6.42 Å². The van der Waals surface area contributed by atoms with Crippen LogP contribution in [0, 0.1) is 0 Å². The second-order valence-corrected chi connectivity index (χ2v) is 13.7. The average Bonchev–Trinajstić information content (AvgIpc) is 3.61. The lowest BCUT2D eigenvalue weighted by Gasteiger charge is -2.24. The van der Waals surface area contributed by atoms with Gasteiger partial charge < -0.3 is 0 Å². The Balaban J connectivity index is 1.17. The van der Waals surface area contributed by atoms with Crippen molar-refractivity contribution in [2.24, 2.45) is 0 Å². The van der Waals surface area contributed by atoms with E-state index in [1.165, 1.54) is 5.56 Å². The van der Waals surface area contributed by atoms with Gasteiger partial charge in [-0.05, 0) is 90.3 Å². The van der Waals surface area contributed by atoms with Crippen molar-refractivity contribution in [2.75, 3.05) is 0 Å². The summed E-state index contributed by atoms with van der Waals surface area (Å²) in [6, 6.07) is 51.1. The molecule has 1 aromatic heterocycles. The molecule has 8 aromatic carbocycles. The number of benzene rings is 8. The van der Waals surface area contributed by atoms with Gasteiger partial charge in [-0.3, -0.25) is 4.57 Å². The lowest BCUT2D eigenvalue weighted by Crippen LogP contribution is -2.55. The molecule has 0 atom stereocenters. The predicted molar refractivity (Wildman–Crippen MR) is 234 cm³/mol. The number of aryl methyl sites for hydroxylation is 1. The summed E-state index contributed by atoms with van der Waals surface area (Å²) in [7, 11) is 32.2. The van der Waals surface area contributed by atoms with Crippen LogP contribution in [-0.4, -0.2) is 48.8 Å². The van der Waals surface area contributed by atoms with Crippen LogP contribution in [0.4, 0.5) is 0 Å². The van der Waals surface area contributed by atoms with Crippen molar-refractivity contribution in [3.05, 3.63) is 151 Å². The number of hydrogen-bond acceptors (Lipinski definition) is 1. The molecule has 9 aromatic rings. The summed E-state index contributed by atoms with van der Waals surface area (Å²) >= 11 is 0. The third-order valence-electron chi connectivity index (χ3n) is 10.7. The number of imidazole rings is 1. The summed E-state index contributed by atoms with van der Waals surface area (Å²) in [6.07, 6.45) is 0.852. The maximum atomic E-state index is 6.63. The summed E-state index contributed by atoms with van der Waals surface area (Å²) < 4.78 is 2.25. The molecule has 0 bridgehead atoms. The topological polar surface area (TPSA) is 17.8 Å². The van der Waals surface area contributed by atoms with Crippen LogP contribution >= 0.6 is 0 Å². The maximum absolute atomic E-state index is 6.63. The molecule has 54 heavy (non-hydrogen) atoms. The zero-order valence-corrected chi connectivity index (χ0v) is 29.8. The Kier molecular flexibility index (Phi) is 8.46. The minimum atomic E-state index is 0.197. The Morgan fingerprint density at radius 2 is 0.852 bits per heavy atom. The molecule has 0 fully saturated rings. The van der Waals surface area contributed by atoms with E-state index in [-0.39, 0.29) is 16.4 Å². The van der Waals surface area contributed by atoms with Gasteiger partial charge in [0.05, 0.1) is 11.0 Å². The van der Waals surface area contributed by atoms with Gasteiger partial charge in [-0.1, -0.05) is 139 Å². The van der Waals surface area contributed by atoms with Crippen LogP contribution in [0.3, 0.4) is 0 Å². The van der Waals surface area contributed by atoms with Gasteiger partial charge in [-0.2, -0.15) is 0 Å². The van der Waals surface area contributed by atoms with E-state index in [9.17, 15) is 0 Å². The van der Waals surface area contributed by atoms with Gasteiger partial charge >= 0.3 is 0 Å². The molecular formula is C47H29B5N2. The van der Waals surface area contributed by atoms with Crippen molar-refractivity contribution in [1.82, 2.24) is 9.55 Å². The van der Waals surface area contributed by atoms with E-state index in [1.54, 1.807) is 0 Å². The van der Waals surface area contributed by atoms with Crippen molar-refractivity contribution < 1.29 is 0 Å². The minimum Gasteiger partial charge on any atom is -0.296 e. The summed E-state index contributed by atoms with van der Waals surface area (Å²) in [6.45, 7) is 2.15. The predicted octanol–water partition coefficient (Wildman–Crippen LogP) is 6.53. The van der Waals surface area contributed by atoms with E-state index in [4.69, 9.17) is 44.2 Å². The lowest BCUT2D eigenvalue weighted by molar-refractivity contribution is 0.908. The van der Waals surface area contributed by atoms with Crippen LogP contribution in [0.15, 0.2) is 146 Å². The van der Waals surface area contributed by atoms with Gasteiger partial charge in [-0.15, -0.1) is 16.4 Å². The molecule has 0 amide bonds. The first-order valence-electron chi connectivity index (χ1n) is 18.1. The highest BCUT2D eigenvalue weighted by atomic mass is 15.1. The number of para-hydroxylation sites is 2. The van der Waals surface area contributed by atoms with Crippen LogP contribution in [0.2, 0.25) is 0 Å². The zero-order chi connectivity index (χ0) is 37.1. The minimum absolute atomic E-state index is 0.197. The molecule has 7 heteroatoms. The Bertz CT molecular complexity index is 2830. The van der Waals surface area contributed by atoms with Crippen LogP contribution in [0.25, 0.3) is 82.8 Å². The molecule has 2 nitrogen and oxygen atoms in total. The van der Waals surface area contributed by atoms with Gasteiger partial charge in [0.1, 0.15) is 45.1 Å². The summed E-state index contributed by atoms with van der Waals surface area (Å²) in [4.78, 5) is 4.87. The highest BCUT2D eigenvalue weighted by Crippen LogP contribution is 2.45. The van der Waals surface area contributed by atoms with E-state index in [1.807, 2.05) is 24.3 Å². The van der Waals surface area contributed by atoms with Gasteiger partial charge in [0.25, 0.3) is 0 Å². The quantitative estimate of drug-likeness (QED) is 0.145. The zero-order valence-electron chi connectivity index (χ0n) is 29.8. The fraction of sp³-hybridized carbons (Fsp3) is 0.0426. The molecular weight excluding hydrogens is 647 g/mol. The van der Waals surface area contributed by atoms with Gasteiger partial charge in [0.2, 0.25) is 0 Å². The maximum Gasteiger partial charge on any atom is 0.114 e. The Labute approximate surface area is 322 Å². The summed E-state index contributed by atoms with van der Waals surface area (Å²) in [5.74, 6) is 1.05. The molecule has 0 N–H and O–H groups in total. The van der Waals surface area contributed by atoms with Crippen molar-refractivity contribution >= 4 is 99.1 Å². The molecule has 0 unspecified atom stereocenters. The van der Waals surface area contributed by atoms with Crippen molar-refractivity contribution in [2.45, 2.75) is 13.3 Å². The molecule has 0 aliphatic rings. The number of rotatable bonds is 6. The highest BCUT2D eigenvalue weighted by molar-refractivity contribution is 6.68. The molecule has 0 aliphatic heterocycles. The van der Waals surface area contributed by atoms with Crippen molar-refractivity contribution in [3.8, 4) is 50.2 Å². The Hall–Kier alpha value is -5.93. The van der Waals surface area contributed by atoms with Crippen LogP contribution in [0.1, 0.15) is 12.7 Å². The summed E-state index contributed by atoms with van der Waals surface area (Å²) in [5.41, 5.74) is 12.6. The van der Waals surface area contributed by atoms with Gasteiger partial charge in [-0.25, -0.2) is 4.98 Å². The second-order valence-electron chi connectivity index (χ2n) is 13.7. The molecule has 0 aliphatic carbocycles. The number of aromatic nitrogens is 2. The van der Waals surface area contributed by atoms with E-state index in [0.29, 0.717) is 16.5 Å². The average molecular weight is 676 g/mol. The van der Waals surface area contributed by atoms with E-state index in [2.05, 4.69) is 133 Å². The lowest BCUT2D eigenvalue weighted by atomic mass is 9.59. The van der Waals surface area contributed by atoms with Gasteiger partial charge in [0, 0.05) is 12.1 Å². The molecule has 0 saturated carbocycles. The third kappa shape index (κ3) is 5.37. The molecule has 242 valence electrons. The smallest absolute Gasteiger partial charge is 0.114 e. The summed E-state index contributed by atoms with van der Waals surface area (Å²) in [5, 5.41) is 4.47. The first kappa shape index (κ1) is 33.9. The Morgan fingerprint density at radius 1 is 0.426 bits per heavy atom. The van der Waals surface area contributed by atoms with Crippen molar-refractivity contribution in [3.63, 3.8) is 0 Å². The number of fused-ring (bicyclic) bond motifs is 3.